The van der Waals surface area contributed by atoms with Gasteiger partial charge >= 0.3 is 0 Å². The normalized spacial score (nSPS) is 15.8. The second kappa shape index (κ2) is 6.02. The quantitative estimate of drug-likeness (QED) is 0.926. The van der Waals surface area contributed by atoms with E-state index < -0.39 is 5.91 Å². The number of ketones is 1. The molecule has 0 saturated heterocycles. The minimum absolute atomic E-state index is 0.0873. The highest BCUT2D eigenvalue weighted by Gasteiger charge is 2.34. The van der Waals surface area contributed by atoms with Crippen LogP contribution in [0.5, 0.6) is 5.75 Å². The number of fused-ring (bicyclic) bond motifs is 1. The third-order valence-electron chi connectivity index (χ3n) is 4.50. The molecule has 2 aromatic heterocycles. The first-order chi connectivity index (χ1) is 11.7. The van der Waals surface area contributed by atoms with Gasteiger partial charge in [0.15, 0.2) is 17.2 Å². The van der Waals surface area contributed by atoms with Gasteiger partial charge in [-0.15, -0.1) is 0 Å². The molecule has 0 bridgehead atoms. The summed E-state index contributed by atoms with van der Waals surface area (Å²) in [5.41, 5.74) is 8.87. The van der Waals surface area contributed by atoms with Gasteiger partial charge in [0.25, 0.3) is 5.91 Å². The SMILES string of the molecule is CCOc1cc(-n2c(C)cc3c2CC(C)(C)CC3=O)cnc1C(N)=O. The van der Waals surface area contributed by atoms with Crippen molar-refractivity contribution < 1.29 is 14.3 Å². The number of primary amides is 1. The largest absolute Gasteiger partial charge is 0.491 e. The summed E-state index contributed by atoms with van der Waals surface area (Å²) in [5.74, 6) is -0.104. The number of carbonyl (C=O) groups excluding carboxylic acids is 2. The van der Waals surface area contributed by atoms with E-state index in [0.717, 1.165) is 29.1 Å². The lowest BCUT2D eigenvalue weighted by Gasteiger charge is -2.29. The van der Waals surface area contributed by atoms with E-state index in [1.54, 1.807) is 12.3 Å². The molecule has 0 spiro atoms. The molecular formula is C19H23N3O3. The lowest BCUT2D eigenvalue weighted by Crippen LogP contribution is -2.28. The van der Waals surface area contributed by atoms with E-state index in [2.05, 4.69) is 18.8 Å². The van der Waals surface area contributed by atoms with Crippen molar-refractivity contribution in [2.24, 2.45) is 11.1 Å². The van der Waals surface area contributed by atoms with Crippen molar-refractivity contribution in [1.29, 1.82) is 0 Å². The molecule has 0 atom stereocenters. The lowest BCUT2D eigenvalue weighted by molar-refractivity contribution is 0.0910. The first-order valence-electron chi connectivity index (χ1n) is 8.41. The van der Waals surface area contributed by atoms with Crippen LogP contribution in [-0.4, -0.2) is 27.8 Å². The standard InChI is InChI=1S/C19H23N3O3/c1-5-25-16-7-12(10-21-17(16)18(20)24)22-11(2)6-13-14(22)8-19(3,4)9-15(13)23/h6-7,10H,5,8-9H2,1-4H3,(H2,20,24). The van der Waals surface area contributed by atoms with E-state index in [1.807, 2.05) is 24.5 Å². The van der Waals surface area contributed by atoms with Crippen LogP contribution in [0.15, 0.2) is 18.3 Å². The monoisotopic (exact) mass is 341 g/mol. The number of nitrogens with zero attached hydrogens (tertiary/aromatic N) is 2. The molecule has 2 aromatic rings. The number of pyridine rings is 1. The maximum absolute atomic E-state index is 12.5. The van der Waals surface area contributed by atoms with Crippen molar-refractivity contribution in [1.82, 2.24) is 9.55 Å². The Morgan fingerprint density at radius 3 is 2.72 bits per heavy atom. The van der Waals surface area contributed by atoms with Crippen LogP contribution in [-0.2, 0) is 6.42 Å². The Morgan fingerprint density at radius 2 is 2.08 bits per heavy atom. The number of rotatable bonds is 4. The van der Waals surface area contributed by atoms with Crippen molar-refractivity contribution in [2.75, 3.05) is 6.61 Å². The molecule has 3 rings (SSSR count). The van der Waals surface area contributed by atoms with Gasteiger partial charge in [-0.1, -0.05) is 13.8 Å². The number of nitrogens with two attached hydrogens (primary N) is 1. The Bertz CT molecular complexity index is 865. The van der Waals surface area contributed by atoms with Gasteiger partial charge in [0.05, 0.1) is 18.5 Å². The van der Waals surface area contributed by atoms with Crippen LogP contribution in [0.1, 0.15) is 59.4 Å². The van der Waals surface area contributed by atoms with Crippen LogP contribution in [0.3, 0.4) is 0 Å². The highest BCUT2D eigenvalue weighted by molar-refractivity contribution is 5.99. The summed E-state index contributed by atoms with van der Waals surface area (Å²) < 4.78 is 7.56. The summed E-state index contributed by atoms with van der Waals surface area (Å²) >= 11 is 0. The molecule has 132 valence electrons. The molecule has 2 heterocycles. The van der Waals surface area contributed by atoms with E-state index >= 15 is 0 Å². The third-order valence-corrected chi connectivity index (χ3v) is 4.50. The van der Waals surface area contributed by atoms with Gasteiger partial charge in [-0.05, 0) is 31.7 Å². The van der Waals surface area contributed by atoms with Crippen molar-refractivity contribution in [3.05, 3.63) is 41.0 Å². The van der Waals surface area contributed by atoms with Crippen molar-refractivity contribution >= 4 is 11.7 Å². The van der Waals surface area contributed by atoms with Gasteiger partial charge < -0.3 is 15.0 Å². The highest BCUT2D eigenvalue weighted by Crippen LogP contribution is 2.37. The van der Waals surface area contributed by atoms with Crippen LogP contribution in [0.25, 0.3) is 5.69 Å². The average molecular weight is 341 g/mol. The van der Waals surface area contributed by atoms with E-state index in [0.29, 0.717) is 18.8 Å². The zero-order chi connectivity index (χ0) is 18.4. The first-order valence-corrected chi connectivity index (χ1v) is 8.41. The van der Waals surface area contributed by atoms with Crippen molar-refractivity contribution in [3.63, 3.8) is 0 Å². The third kappa shape index (κ3) is 3.04. The molecule has 1 aliphatic rings. The maximum Gasteiger partial charge on any atom is 0.271 e. The van der Waals surface area contributed by atoms with Gasteiger partial charge in [0.1, 0.15) is 0 Å². The number of Topliss-reactive ketones (excluding diaryl/α,β-unsaturated/α-hetero) is 1. The number of ether oxygens (including phenoxy) is 1. The lowest BCUT2D eigenvalue weighted by atomic mass is 9.76. The Morgan fingerprint density at radius 1 is 1.36 bits per heavy atom. The summed E-state index contributed by atoms with van der Waals surface area (Å²) in [6.45, 7) is 8.39. The fourth-order valence-electron chi connectivity index (χ4n) is 3.52. The van der Waals surface area contributed by atoms with Gasteiger partial charge in [0, 0.05) is 29.4 Å². The molecule has 0 saturated carbocycles. The van der Waals surface area contributed by atoms with Crippen molar-refractivity contribution in [3.8, 4) is 11.4 Å². The van der Waals surface area contributed by atoms with E-state index in [9.17, 15) is 9.59 Å². The molecule has 6 nitrogen and oxygen atoms in total. The zero-order valence-electron chi connectivity index (χ0n) is 15.0. The summed E-state index contributed by atoms with van der Waals surface area (Å²) in [4.78, 5) is 28.2. The van der Waals surface area contributed by atoms with Gasteiger partial charge in [-0.25, -0.2) is 4.98 Å². The molecule has 1 aliphatic carbocycles. The summed E-state index contributed by atoms with van der Waals surface area (Å²) in [6, 6.07) is 3.69. The number of hydrogen-bond donors (Lipinski definition) is 1. The fourth-order valence-corrected chi connectivity index (χ4v) is 3.52. The number of aromatic nitrogens is 2. The molecule has 0 fully saturated rings. The number of carbonyl (C=O) groups is 2. The zero-order valence-corrected chi connectivity index (χ0v) is 15.0. The predicted octanol–water partition coefficient (Wildman–Crippen LogP) is 2.83. The van der Waals surface area contributed by atoms with Crippen LogP contribution < -0.4 is 10.5 Å². The Hall–Kier alpha value is -2.63. The van der Waals surface area contributed by atoms with E-state index in [-0.39, 0.29) is 16.9 Å². The predicted molar refractivity (Wildman–Crippen MR) is 94.4 cm³/mol. The van der Waals surface area contributed by atoms with Gasteiger partial charge in [-0.3, -0.25) is 9.59 Å². The van der Waals surface area contributed by atoms with E-state index in [1.165, 1.54) is 0 Å². The molecule has 2 N–H and O–H groups in total. The summed E-state index contributed by atoms with van der Waals surface area (Å²) in [7, 11) is 0. The topological polar surface area (TPSA) is 87.2 Å². The summed E-state index contributed by atoms with van der Waals surface area (Å²) in [5, 5.41) is 0. The Balaban J connectivity index is 2.17. The van der Waals surface area contributed by atoms with Gasteiger partial charge in [0.2, 0.25) is 0 Å². The van der Waals surface area contributed by atoms with Crippen LogP contribution in [0.4, 0.5) is 0 Å². The molecular weight excluding hydrogens is 318 g/mol. The smallest absolute Gasteiger partial charge is 0.271 e. The van der Waals surface area contributed by atoms with Crippen LogP contribution in [0.2, 0.25) is 0 Å². The molecule has 0 radical (unpaired) electrons. The number of amides is 1. The summed E-state index contributed by atoms with van der Waals surface area (Å²) in [6.07, 6.45) is 2.94. The molecule has 0 unspecified atom stereocenters. The fraction of sp³-hybridized carbons (Fsp3) is 0.421. The van der Waals surface area contributed by atoms with Crippen molar-refractivity contribution in [2.45, 2.75) is 40.5 Å². The van der Waals surface area contributed by atoms with Crippen LogP contribution in [0, 0.1) is 12.3 Å². The second-order valence-corrected chi connectivity index (χ2v) is 7.26. The average Bonchev–Trinajstić information content (AvgIpc) is 2.82. The second-order valence-electron chi connectivity index (χ2n) is 7.26. The molecule has 0 aromatic carbocycles. The molecule has 25 heavy (non-hydrogen) atoms. The van der Waals surface area contributed by atoms with Crippen LogP contribution >= 0.6 is 0 Å². The number of hydrogen-bond acceptors (Lipinski definition) is 4. The Kier molecular flexibility index (Phi) is 4.14. The van der Waals surface area contributed by atoms with Gasteiger partial charge in [-0.2, -0.15) is 0 Å². The Labute approximate surface area is 147 Å². The first kappa shape index (κ1) is 17.2. The number of aryl methyl sites for hydroxylation is 1. The highest BCUT2D eigenvalue weighted by atomic mass is 16.5. The minimum atomic E-state index is -0.627. The molecule has 0 aliphatic heterocycles. The minimum Gasteiger partial charge on any atom is -0.491 e. The molecule has 1 amide bonds. The molecule has 6 heteroatoms. The van der Waals surface area contributed by atoms with E-state index in [4.69, 9.17) is 10.5 Å². The maximum atomic E-state index is 12.5.